The number of benzene rings is 1. The van der Waals surface area contributed by atoms with E-state index in [2.05, 4.69) is 33.6 Å². The van der Waals surface area contributed by atoms with Gasteiger partial charge in [-0.1, -0.05) is 37.8 Å². The molecule has 0 aliphatic rings. The van der Waals surface area contributed by atoms with Crippen LogP contribution in [0.2, 0.25) is 0 Å². The van der Waals surface area contributed by atoms with Gasteiger partial charge in [0.05, 0.1) is 37.5 Å². The number of aromatic nitrogens is 2. The summed E-state index contributed by atoms with van der Waals surface area (Å²) in [6.07, 6.45) is 1.14. The van der Waals surface area contributed by atoms with Crippen LogP contribution in [0, 0.1) is 23.7 Å². The lowest BCUT2D eigenvalue weighted by molar-refractivity contribution is 0.0423. The van der Waals surface area contributed by atoms with Crippen molar-refractivity contribution in [2.24, 2.45) is 0 Å². The molecule has 0 amide bonds. The van der Waals surface area contributed by atoms with Gasteiger partial charge in [0.25, 0.3) is 0 Å². The van der Waals surface area contributed by atoms with Crippen molar-refractivity contribution in [1.29, 1.82) is 0 Å². The van der Waals surface area contributed by atoms with Crippen LogP contribution in [-0.4, -0.2) is 62.8 Å². The van der Waals surface area contributed by atoms with Gasteiger partial charge in [-0.3, -0.25) is 0 Å². The van der Waals surface area contributed by atoms with Crippen LogP contribution in [0.15, 0.2) is 24.3 Å². The molecule has 1 heterocycles. The molecule has 6 nitrogen and oxygen atoms in total. The number of ether oxygens (including phenoxy) is 4. The Kier molecular flexibility index (Phi) is 10.9. The van der Waals surface area contributed by atoms with E-state index in [4.69, 9.17) is 18.9 Å². The Labute approximate surface area is 179 Å². The van der Waals surface area contributed by atoms with E-state index in [1.807, 2.05) is 38.1 Å². The van der Waals surface area contributed by atoms with E-state index in [0.29, 0.717) is 37.8 Å². The Hall–Kier alpha value is -2.48. The molecule has 0 fully saturated rings. The summed E-state index contributed by atoms with van der Waals surface area (Å²) in [7, 11) is 3.29. The van der Waals surface area contributed by atoms with Crippen LogP contribution >= 0.6 is 0 Å². The third-order valence-corrected chi connectivity index (χ3v) is 4.23. The first kappa shape index (κ1) is 23.8. The molecule has 2 aromatic rings. The quantitative estimate of drug-likeness (QED) is 0.443. The topological polar surface area (TPSA) is 62.7 Å². The molecule has 0 spiro atoms. The van der Waals surface area contributed by atoms with Gasteiger partial charge in [0, 0.05) is 14.2 Å². The maximum Gasteiger partial charge on any atom is 0.148 e. The fraction of sp³-hybridized carbons (Fsp3) is 0.500. The van der Waals surface area contributed by atoms with Crippen molar-refractivity contribution in [2.75, 3.05) is 40.6 Å². The molecule has 0 N–H and O–H groups in total. The zero-order valence-electron chi connectivity index (χ0n) is 18.2. The number of hydrogen-bond acceptors (Lipinski definition) is 6. The van der Waals surface area contributed by atoms with E-state index in [0.717, 1.165) is 23.9 Å². The molecule has 6 heteroatoms. The Balaban J connectivity index is 2.32. The van der Waals surface area contributed by atoms with Crippen LogP contribution in [0.5, 0.6) is 0 Å². The van der Waals surface area contributed by atoms with Crippen molar-refractivity contribution in [3.63, 3.8) is 0 Å². The van der Waals surface area contributed by atoms with Crippen molar-refractivity contribution in [2.45, 2.75) is 38.9 Å². The minimum Gasteiger partial charge on any atom is -0.382 e. The maximum absolute atomic E-state index is 5.74. The smallest absolute Gasteiger partial charge is 0.148 e. The number of nitrogens with zero attached hydrogens (tertiary/aromatic N) is 2. The van der Waals surface area contributed by atoms with E-state index < -0.39 is 0 Å². The van der Waals surface area contributed by atoms with Crippen molar-refractivity contribution < 1.29 is 18.9 Å². The van der Waals surface area contributed by atoms with Crippen molar-refractivity contribution in [3.05, 3.63) is 35.7 Å². The lowest BCUT2D eigenvalue weighted by Crippen LogP contribution is -2.13. The lowest BCUT2D eigenvalue weighted by atomic mass is 10.2. The molecule has 0 radical (unpaired) electrons. The number of para-hydroxylation sites is 2. The second-order valence-electron chi connectivity index (χ2n) is 6.47. The number of rotatable bonds is 10. The number of fused-ring (bicyclic) bond motifs is 1. The van der Waals surface area contributed by atoms with Crippen molar-refractivity contribution in [3.8, 4) is 23.7 Å². The molecule has 0 aliphatic heterocycles. The first-order chi connectivity index (χ1) is 14.7. The first-order valence-corrected chi connectivity index (χ1v) is 10.2. The van der Waals surface area contributed by atoms with Crippen molar-refractivity contribution >= 4 is 11.0 Å². The Morgan fingerprint density at radius 3 is 1.53 bits per heavy atom. The predicted octanol–water partition coefficient (Wildman–Crippen LogP) is 3.22. The van der Waals surface area contributed by atoms with Gasteiger partial charge >= 0.3 is 0 Å². The highest BCUT2D eigenvalue weighted by Crippen LogP contribution is 2.12. The molecule has 0 bridgehead atoms. The van der Waals surface area contributed by atoms with Gasteiger partial charge in [0.2, 0.25) is 0 Å². The van der Waals surface area contributed by atoms with Crippen LogP contribution in [0.3, 0.4) is 0 Å². The predicted molar refractivity (Wildman–Crippen MR) is 117 cm³/mol. The average molecular weight is 411 g/mol. The SMILES string of the molecule is CC[C@@H](C#Cc1nc2ccccc2nc1C#C[C@H](CC)OCCOC)OCCOC. The molecule has 2 atom stereocenters. The van der Waals surface area contributed by atoms with Crippen LogP contribution < -0.4 is 0 Å². The zero-order chi connectivity index (χ0) is 21.6. The molecular weight excluding hydrogens is 380 g/mol. The third kappa shape index (κ3) is 7.74. The summed E-state index contributed by atoms with van der Waals surface area (Å²) in [5, 5.41) is 0. The summed E-state index contributed by atoms with van der Waals surface area (Å²) in [6, 6.07) is 7.69. The Morgan fingerprint density at radius 2 is 1.17 bits per heavy atom. The van der Waals surface area contributed by atoms with Crippen LogP contribution in [0.25, 0.3) is 11.0 Å². The second kappa shape index (κ2) is 13.7. The molecule has 0 aliphatic carbocycles. The Morgan fingerprint density at radius 1 is 0.733 bits per heavy atom. The molecule has 160 valence electrons. The van der Waals surface area contributed by atoms with Crippen LogP contribution in [0.4, 0.5) is 0 Å². The first-order valence-electron chi connectivity index (χ1n) is 10.2. The molecule has 30 heavy (non-hydrogen) atoms. The molecule has 1 aromatic heterocycles. The average Bonchev–Trinajstić information content (AvgIpc) is 2.78. The molecule has 0 saturated heterocycles. The summed E-state index contributed by atoms with van der Waals surface area (Å²) in [6.45, 7) is 6.12. The summed E-state index contributed by atoms with van der Waals surface area (Å²) in [5.74, 6) is 12.5. The summed E-state index contributed by atoms with van der Waals surface area (Å²) >= 11 is 0. The minimum absolute atomic E-state index is 0.199. The summed E-state index contributed by atoms with van der Waals surface area (Å²) in [4.78, 5) is 9.35. The highest BCUT2D eigenvalue weighted by molar-refractivity contribution is 5.75. The second-order valence-corrected chi connectivity index (χ2v) is 6.47. The van der Waals surface area contributed by atoms with Crippen LogP contribution in [0.1, 0.15) is 38.1 Å². The van der Waals surface area contributed by atoms with E-state index in [9.17, 15) is 0 Å². The largest absolute Gasteiger partial charge is 0.382 e. The van der Waals surface area contributed by atoms with Gasteiger partial charge in [0.1, 0.15) is 23.6 Å². The normalized spacial score (nSPS) is 12.5. The van der Waals surface area contributed by atoms with Gasteiger partial charge in [-0.2, -0.15) is 0 Å². The van der Waals surface area contributed by atoms with Gasteiger partial charge in [-0.05, 0) is 36.8 Å². The van der Waals surface area contributed by atoms with E-state index in [-0.39, 0.29) is 12.2 Å². The molecule has 2 rings (SSSR count). The lowest BCUT2D eigenvalue weighted by Gasteiger charge is -2.09. The highest BCUT2D eigenvalue weighted by Gasteiger charge is 2.08. The van der Waals surface area contributed by atoms with Crippen LogP contribution in [-0.2, 0) is 18.9 Å². The number of methoxy groups -OCH3 is 2. The van der Waals surface area contributed by atoms with E-state index in [1.165, 1.54) is 0 Å². The standard InChI is InChI=1S/C24H30N2O4/c1-5-19(29-17-15-27-3)11-13-23-24(14-12-20(6-2)30-18-16-28-4)26-22-10-8-7-9-21(22)25-23/h7-10,19-20H,5-6,15-18H2,1-4H3/t19-,20-/m0/s1. The maximum atomic E-state index is 5.74. The Bertz CT molecular complexity index is 834. The molecular formula is C24H30N2O4. The monoisotopic (exact) mass is 410 g/mol. The number of hydrogen-bond donors (Lipinski definition) is 0. The van der Waals surface area contributed by atoms with E-state index in [1.54, 1.807) is 14.2 Å². The molecule has 1 aromatic carbocycles. The summed E-state index contributed by atoms with van der Waals surface area (Å²) < 4.78 is 21.5. The van der Waals surface area contributed by atoms with E-state index >= 15 is 0 Å². The third-order valence-electron chi connectivity index (χ3n) is 4.23. The molecule has 0 saturated carbocycles. The minimum atomic E-state index is -0.199. The van der Waals surface area contributed by atoms with Gasteiger partial charge in [-0.25, -0.2) is 9.97 Å². The fourth-order valence-corrected chi connectivity index (χ4v) is 2.54. The highest BCUT2D eigenvalue weighted by atomic mass is 16.5. The summed E-state index contributed by atoms with van der Waals surface area (Å²) in [5.41, 5.74) is 2.65. The van der Waals surface area contributed by atoms with Crippen molar-refractivity contribution in [1.82, 2.24) is 9.97 Å². The van der Waals surface area contributed by atoms with Gasteiger partial charge < -0.3 is 18.9 Å². The fourth-order valence-electron chi connectivity index (χ4n) is 2.54. The zero-order valence-corrected chi connectivity index (χ0v) is 18.2. The van der Waals surface area contributed by atoms with Gasteiger partial charge in [-0.15, -0.1) is 0 Å². The van der Waals surface area contributed by atoms with Gasteiger partial charge in [0.15, 0.2) is 0 Å². The molecule has 0 unspecified atom stereocenters.